The van der Waals surface area contributed by atoms with Crippen LogP contribution in [-0.2, 0) is 4.79 Å². The Morgan fingerprint density at radius 2 is 2.18 bits per heavy atom. The largest absolute Gasteiger partial charge is 0.299 e. The molecule has 0 aliphatic heterocycles. The Balaban J connectivity index is 3.48. The van der Waals surface area contributed by atoms with Crippen LogP contribution >= 0.6 is 0 Å². The van der Waals surface area contributed by atoms with E-state index in [2.05, 4.69) is 13.0 Å². The van der Waals surface area contributed by atoms with Gasteiger partial charge in [-0.1, -0.05) is 38.8 Å². The van der Waals surface area contributed by atoms with Gasteiger partial charge in [-0.25, -0.2) is 0 Å². The average molecular weight is 154 g/mol. The number of allylic oxidation sites excluding steroid dienone is 2. The molecular formula is C10H18O. The van der Waals surface area contributed by atoms with Crippen molar-refractivity contribution in [1.82, 2.24) is 0 Å². The first-order valence-electron chi connectivity index (χ1n) is 4.35. The van der Waals surface area contributed by atoms with Gasteiger partial charge in [0.2, 0.25) is 0 Å². The average Bonchev–Trinajstić information content (AvgIpc) is 1.97. The van der Waals surface area contributed by atoms with Gasteiger partial charge >= 0.3 is 0 Å². The minimum absolute atomic E-state index is 0.104. The van der Waals surface area contributed by atoms with Crippen LogP contribution in [0.2, 0.25) is 0 Å². The third kappa shape index (κ3) is 5.84. The van der Waals surface area contributed by atoms with E-state index in [0.29, 0.717) is 0 Å². The fraction of sp³-hybridized carbons (Fsp3) is 0.700. The molecule has 0 aromatic heterocycles. The molecule has 0 saturated heterocycles. The van der Waals surface area contributed by atoms with E-state index in [1.54, 1.807) is 6.92 Å². The van der Waals surface area contributed by atoms with Gasteiger partial charge in [0.1, 0.15) is 5.78 Å². The fourth-order valence-corrected chi connectivity index (χ4v) is 0.758. The van der Waals surface area contributed by atoms with E-state index >= 15 is 0 Å². The van der Waals surface area contributed by atoms with Crippen LogP contribution in [0.15, 0.2) is 12.2 Å². The Bertz CT molecular complexity index is 136. The van der Waals surface area contributed by atoms with Crippen molar-refractivity contribution in [1.29, 1.82) is 0 Å². The molecule has 0 aromatic rings. The quantitative estimate of drug-likeness (QED) is 0.439. The summed E-state index contributed by atoms with van der Waals surface area (Å²) < 4.78 is 0. The molecule has 1 nitrogen and oxygen atoms in total. The van der Waals surface area contributed by atoms with Gasteiger partial charge in [-0.3, -0.25) is 4.79 Å². The maximum absolute atomic E-state index is 10.8. The predicted octanol–water partition coefficient (Wildman–Crippen LogP) is 2.96. The molecule has 1 atom stereocenters. The van der Waals surface area contributed by atoms with E-state index in [1.165, 1.54) is 12.8 Å². The maximum Gasteiger partial charge on any atom is 0.136 e. The second kappa shape index (κ2) is 6.14. The lowest BCUT2D eigenvalue weighted by Gasteiger charge is -1.97. The smallest absolute Gasteiger partial charge is 0.136 e. The molecule has 0 amide bonds. The summed E-state index contributed by atoms with van der Waals surface area (Å²) in [6, 6.07) is 0. The second-order valence-electron chi connectivity index (χ2n) is 2.97. The van der Waals surface area contributed by atoms with Crippen molar-refractivity contribution in [3.8, 4) is 0 Å². The third-order valence-corrected chi connectivity index (χ3v) is 1.79. The normalized spacial score (nSPS) is 13.7. The zero-order chi connectivity index (χ0) is 8.69. The summed E-state index contributed by atoms with van der Waals surface area (Å²) in [6.45, 7) is 5.74. The second-order valence-corrected chi connectivity index (χ2v) is 2.97. The van der Waals surface area contributed by atoms with Crippen LogP contribution in [0.5, 0.6) is 0 Å². The Hall–Kier alpha value is -0.590. The molecule has 0 aliphatic carbocycles. The van der Waals surface area contributed by atoms with Crippen molar-refractivity contribution < 1.29 is 4.79 Å². The van der Waals surface area contributed by atoms with E-state index in [0.717, 1.165) is 6.42 Å². The number of hydrogen-bond donors (Lipinski definition) is 0. The fourth-order valence-electron chi connectivity index (χ4n) is 0.758. The number of carbonyl (C=O) groups is 1. The van der Waals surface area contributed by atoms with Crippen LogP contribution in [0.4, 0.5) is 0 Å². The topological polar surface area (TPSA) is 17.1 Å². The van der Waals surface area contributed by atoms with Crippen LogP contribution in [-0.4, -0.2) is 5.78 Å². The van der Waals surface area contributed by atoms with Gasteiger partial charge in [-0.15, -0.1) is 0 Å². The first-order valence-corrected chi connectivity index (χ1v) is 4.35. The first kappa shape index (κ1) is 10.4. The lowest BCUT2D eigenvalue weighted by molar-refractivity contribution is -0.118. The lowest BCUT2D eigenvalue weighted by atomic mass is 10.1. The zero-order valence-electron chi connectivity index (χ0n) is 7.76. The summed E-state index contributed by atoms with van der Waals surface area (Å²) in [6.07, 6.45) is 7.65. The van der Waals surface area contributed by atoms with Gasteiger partial charge in [0.25, 0.3) is 0 Å². The number of carbonyl (C=O) groups excluding carboxylic acids is 1. The Morgan fingerprint density at radius 1 is 1.55 bits per heavy atom. The molecule has 0 rings (SSSR count). The van der Waals surface area contributed by atoms with Crippen molar-refractivity contribution in [3.05, 3.63) is 12.2 Å². The van der Waals surface area contributed by atoms with Crippen LogP contribution in [0, 0.1) is 5.92 Å². The molecule has 0 spiro atoms. The van der Waals surface area contributed by atoms with Gasteiger partial charge in [0.05, 0.1) is 0 Å². The van der Waals surface area contributed by atoms with Gasteiger partial charge in [0, 0.05) is 5.92 Å². The van der Waals surface area contributed by atoms with Gasteiger partial charge < -0.3 is 0 Å². The molecule has 0 fully saturated rings. The first-order chi connectivity index (χ1) is 5.18. The van der Waals surface area contributed by atoms with E-state index in [-0.39, 0.29) is 11.7 Å². The summed E-state index contributed by atoms with van der Waals surface area (Å²) in [7, 11) is 0. The Morgan fingerprint density at radius 3 is 2.64 bits per heavy atom. The van der Waals surface area contributed by atoms with Crippen LogP contribution in [0.3, 0.4) is 0 Å². The van der Waals surface area contributed by atoms with Crippen LogP contribution in [0.25, 0.3) is 0 Å². The van der Waals surface area contributed by atoms with Gasteiger partial charge in [-0.2, -0.15) is 0 Å². The molecule has 0 heterocycles. The summed E-state index contributed by atoms with van der Waals surface area (Å²) >= 11 is 0. The van der Waals surface area contributed by atoms with Crippen molar-refractivity contribution in [2.45, 2.75) is 40.0 Å². The highest BCUT2D eigenvalue weighted by molar-refractivity contribution is 5.79. The maximum atomic E-state index is 10.8. The molecule has 0 aliphatic rings. The molecule has 0 N–H and O–H groups in total. The molecule has 1 heteroatoms. The highest BCUT2D eigenvalue weighted by Gasteiger charge is 2.00. The standard InChI is InChI=1S/C10H18O/c1-4-5-6-7-8-9(2)10(3)11/h7-9H,4-6H2,1-3H3/b8-7+/t9-/m1/s1. The van der Waals surface area contributed by atoms with E-state index in [1.807, 2.05) is 13.0 Å². The number of hydrogen-bond acceptors (Lipinski definition) is 1. The Kier molecular flexibility index (Phi) is 5.81. The molecule has 0 saturated carbocycles. The van der Waals surface area contributed by atoms with Crippen molar-refractivity contribution in [2.24, 2.45) is 5.92 Å². The number of rotatable bonds is 5. The molecule has 0 aromatic carbocycles. The highest BCUT2D eigenvalue weighted by Crippen LogP contribution is 2.01. The molecule has 0 radical (unpaired) electrons. The molecular weight excluding hydrogens is 136 g/mol. The number of Topliss-reactive ketones (excluding diaryl/α,β-unsaturated/α-hetero) is 1. The van der Waals surface area contributed by atoms with Crippen LogP contribution in [0.1, 0.15) is 40.0 Å². The van der Waals surface area contributed by atoms with Crippen LogP contribution < -0.4 is 0 Å². The number of unbranched alkanes of at least 4 members (excludes halogenated alkanes) is 2. The lowest BCUT2D eigenvalue weighted by Crippen LogP contribution is -2.01. The summed E-state index contributed by atoms with van der Waals surface area (Å²) in [5.74, 6) is 0.351. The SMILES string of the molecule is CCCC/C=C/[C@@H](C)C(C)=O. The zero-order valence-corrected chi connectivity index (χ0v) is 7.76. The van der Waals surface area contributed by atoms with E-state index in [9.17, 15) is 4.79 Å². The minimum Gasteiger partial charge on any atom is -0.299 e. The van der Waals surface area contributed by atoms with Crippen molar-refractivity contribution >= 4 is 5.78 Å². The molecule has 0 unspecified atom stereocenters. The molecule has 64 valence electrons. The number of ketones is 1. The predicted molar refractivity (Wildman–Crippen MR) is 48.5 cm³/mol. The molecule has 11 heavy (non-hydrogen) atoms. The minimum atomic E-state index is 0.104. The van der Waals surface area contributed by atoms with Gasteiger partial charge in [-0.05, 0) is 13.3 Å². The van der Waals surface area contributed by atoms with E-state index < -0.39 is 0 Å². The summed E-state index contributed by atoms with van der Waals surface area (Å²) in [5.41, 5.74) is 0. The Labute approximate surface area is 69.5 Å². The molecule has 0 bridgehead atoms. The summed E-state index contributed by atoms with van der Waals surface area (Å²) in [4.78, 5) is 10.8. The highest BCUT2D eigenvalue weighted by atomic mass is 16.1. The van der Waals surface area contributed by atoms with Crippen molar-refractivity contribution in [3.63, 3.8) is 0 Å². The monoisotopic (exact) mass is 154 g/mol. The summed E-state index contributed by atoms with van der Waals surface area (Å²) in [5, 5.41) is 0. The van der Waals surface area contributed by atoms with E-state index in [4.69, 9.17) is 0 Å². The van der Waals surface area contributed by atoms with Gasteiger partial charge in [0.15, 0.2) is 0 Å². The third-order valence-electron chi connectivity index (χ3n) is 1.79. The van der Waals surface area contributed by atoms with Crippen molar-refractivity contribution in [2.75, 3.05) is 0 Å².